The average molecular weight is 354 g/mol. The summed E-state index contributed by atoms with van der Waals surface area (Å²) in [5.74, 6) is 0. The minimum absolute atomic E-state index is 0.00530. The van der Waals surface area contributed by atoms with E-state index in [-0.39, 0.29) is 17.7 Å². The summed E-state index contributed by atoms with van der Waals surface area (Å²) in [5, 5.41) is 7.27. The van der Waals surface area contributed by atoms with Gasteiger partial charge in [-0.3, -0.25) is 4.90 Å². The molecule has 1 atom stereocenters. The molecule has 1 fully saturated rings. The Morgan fingerprint density at radius 1 is 1.50 bits per heavy atom. The van der Waals surface area contributed by atoms with E-state index in [1.807, 2.05) is 4.90 Å². The fraction of sp³-hybridized carbons (Fsp3) is 0.722. The van der Waals surface area contributed by atoms with Crippen LogP contribution in [0.4, 0.5) is 4.79 Å². The molecule has 1 aromatic rings. The summed E-state index contributed by atoms with van der Waals surface area (Å²) in [6.45, 7) is 10.1. The third kappa shape index (κ3) is 5.46. The first-order chi connectivity index (χ1) is 11.4. The van der Waals surface area contributed by atoms with Gasteiger partial charge in [0.05, 0.1) is 6.10 Å². The van der Waals surface area contributed by atoms with Gasteiger partial charge < -0.3 is 15.0 Å². The molecule has 0 bridgehead atoms. The van der Waals surface area contributed by atoms with Crippen LogP contribution < -0.4 is 5.32 Å². The van der Waals surface area contributed by atoms with Gasteiger partial charge in [0.2, 0.25) is 0 Å². The van der Waals surface area contributed by atoms with Gasteiger partial charge in [-0.05, 0) is 62.7 Å². The van der Waals surface area contributed by atoms with E-state index in [0.717, 1.165) is 26.0 Å². The molecule has 6 heteroatoms. The molecule has 5 nitrogen and oxygen atoms in total. The summed E-state index contributed by atoms with van der Waals surface area (Å²) in [6.07, 6.45) is 2.30. The number of thiophene rings is 1. The second kappa shape index (κ2) is 8.83. The molecule has 1 aliphatic heterocycles. The molecule has 0 radical (unpaired) electrons. The van der Waals surface area contributed by atoms with Crippen LogP contribution in [0.5, 0.6) is 0 Å². The molecule has 0 spiro atoms. The lowest BCUT2D eigenvalue weighted by molar-refractivity contribution is 0.0781. The molecule has 0 aliphatic carbocycles. The van der Waals surface area contributed by atoms with E-state index in [1.165, 1.54) is 5.56 Å². The molecule has 2 heterocycles. The molecule has 0 unspecified atom stereocenters. The lowest BCUT2D eigenvalue weighted by atomic mass is 10.0. The number of hydrogen-bond donors (Lipinski definition) is 1. The molecular formula is C18H31N3O2S. The van der Waals surface area contributed by atoms with E-state index in [4.69, 9.17) is 4.74 Å². The summed E-state index contributed by atoms with van der Waals surface area (Å²) < 4.78 is 5.73. The molecule has 136 valence electrons. The van der Waals surface area contributed by atoms with Crippen LogP contribution in [-0.2, 0) is 11.3 Å². The van der Waals surface area contributed by atoms with Crippen molar-refractivity contribution in [1.29, 1.82) is 0 Å². The van der Waals surface area contributed by atoms with Gasteiger partial charge in [-0.2, -0.15) is 11.3 Å². The Labute approximate surface area is 150 Å². The SMILES string of the molecule is CCN(C)C(C)(C)CNC(=O)N(Cc1ccsc1)C[C@H]1CCCO1. The second-order valence-electron chi connectivity index (χ2n) is 7.13. The highest BCUT2D eigenvalue weighted by Crippen LogP contribution is 2.17. The molecule has 24 heavy (non-hydrogen) atoms. The number of amides is 2. The number of nitrogens with one attached hydrogen (secondary N) is 1. The highest BCUT2D eigenvalue weighted by Gasteiger charge is 2.26. The second-order valence-corrected chi connectivity index (χ2v) is 7.91. The van der Waals surface area contributed by atoms with Crippen LogP contribution in [-0.4, -0.2) is 60.8 Å². The molecule has 1 aliphatic rings. The molecular weight excluding hydrogens is 322 g/mol. The number of urea groups is 1. The average Bonchev–Trinajstić information content (AvgIpc) is 3.25. The highest BCUT2D eigenvalue weighted by atomic mass is 32.1. The normalized spacial score (nSPS) is 18.1. The first kappa shape index (κ1) is 19.2. The lowest BCUT2D eigenvalue weighted by Gasteiger charge is -2.36. The van der Waals surface area contributed by atoms with E-state index >= 15 is 0 Å². The number of hydrogen-bond acceptors (Lipinski definition) is 4. The van der Waals surface area contributed by atoms with Crippen molar-refractivity contribution in [1.82, 2.24) is 15.1 Å². The number of likely N-dealkylation sites (N-methyl/N-ethyl adjacent to an activating group) is 1. The topological polar surface area (TPSA) is 44.8 Å². The van der Waals surface area contributed by atoms with Crippen LogP contribution in [0.1, 0.15) is 39.2 Å². The van der Waals surface area contributed by atoms with Gasteiger partial charge in [-0.1, -0.05) is 6.92 Å². The van der Waals surface area contributed by atoms with Crippen molar-refractivity contribution < 1.29 is 9.53 Å². The van der Waals surface area contributed by atoms with Gasteiger partial charge in [-0.15, -0.1) is 0 Å². The van der Waals surface area contributed by atoms with Crippen LogP contribution in [0.3, 0.4) is 0 Å². The first-order valence-corrected chi connectivity index (χ1v) is 9.73. The minimum atomic E-state index is -0.0671. The smallest absolute Gasteiger partial charge is 0.317 e. The van der Waals surface area contributed by atoms with Crippen molar-refractivity contribution in [3.8, 4) is 0 Å². The third-order valence-electron chi connectivity index (χ3n) is 4.87. The molecule has 2 amide bonds. The number of nitrogens with zero attached hydrogens (tertiary/aromatic N) is 2. The van der Waals surface area contributed by atoms with Gasteiger partial charge in [0, 0.05) is 31.8 Å². The molecule has 0 saturated carbocycles. The zero-order valence-corrected chi connectivity index (χ0v) is 16.2. The van der Waals surface area contributed by atoms with E-state index in [2.05, 4.69) is 54.9 Å². The predicted molar refractivity (Wildman–Crippen MR) is 99.5 cm³/mol. The maximum Gasteiger partial charge on any atom is 0.317 e. The Hall–Kier alpha value is -1.11. The van der Waals surface area contributed by atoms with Crippen molar-refractivity contribution >= 4 is 17.4 Å². The molecule has 1 saturated heterocycles. The van der Waals surface area contributed by atoms with E-state index in [9.17, 15) is 4.79 Å². The van der Waals surface area contributed by atoms with Crippen molar-refractivity contribution in [2.75, 3.05) is 33.3 Å². The maximum atomic E-state index is 12.8. The largest absolute Gasteiger partial charge is 0.376 e. The predicted octanol–water partition coefficient (Wildman–Crippen LogP) is 3.17. The fourth-order valence-electron chi connectivity index (χ4n) is 2.82. The number of rotatable bonds is 8. The van der Waals surface area contributed by atoms with E-state index < -0.39 is 0 Å². The summed E-state index contributed by atoms with van der Waals surface area (Å²) in [7, 11) is 2.08. The van der Waals surface area contributed by atoms with Crippen LogP contribution in [0.2, 0.25) is 0 Å². The van der Waals surface area contributed by atoms with E-state index in [1.54, 1.807) is 11.3 Å². The van der Waals surface area contributed by atoms with Crippen molar-refractivity contribution in [2.45, 2.75) is 51.8 Å². The number of carbonyl (C=O) groups excluding carboxylic acids is 1. The van der Waals surface area contributed by atoms with Crippen LogP contribution in [0, 0.1) is 0 Å². The van der Waals surface area contributed by atoms with Crippen LogP contribution >= 0.6 is 11.3 Å². The van der Waals surface area contributed by atoms with Gasteiger partial charge >= 0.3 is 6.03 Å². The number of ether oxygens (including phenoxy) is 1. The van der Waals surface area contributed by atoms with Gasteiger partial charge in [-0.25, -0.2) is 4.79 Å². The van der Waals surface area contributed by atoms with Crippen molar-refractivity contribution in [3.63, 3.8) is 0 Å². The zero-order valence-electron chi connectivity index (χ0n) is 15.4. The Balaban J connectivity index is 1.95. The van der Waals surface area contributed by atoms with Gasteiger partial charge in [0.15, 0.2) is 0 Å². The van der Waals surface area contributed by atoms with Crippen molar-refractivity contribution in [2.24, 2.45) is 0 Å². The van der Waals surface area contributed by atoms with Crippen LogP contribution in [0.15, 0.2) is 16.8 Å². The van der Waals surface area contributed by atoms with Gasteiger partial charge in [0.25, 0.3) is 0 Å². The monoisotopic (exact) mass is 353 g/mol. The van der Waals surface area contributed by atoms with Crippen molar-refractivity contribution in [3.05, 3.63) is 22.4 Å². The summed E-state index contributed by atoms with van der Waals surface area (Å²) >= 11 is 1.66. The highest BCUT2D eigenvalue weighted by molar-refractivity contribution is 7.07. The Morgan fingerprint density at radius 2 is 2.29 bits per heavy atom. The zero-order chi connectivity index (χ0) is 17.6. The first-order valence-electron chi connectivity index (χ1n) is 8.79. The number of carbonyl (C=O) groups is 1. The Kier molecular flexibility index (Phi) is 7.07. The van der Waals surface area contributed by atoms with E-state index in [0.29, 0.717) is 19.6 Å². The Bertz CT molecular complexity index is 498. The quantitative estimate of drug-likeness (QED) is 0.781. The standard InChI is InChI=1S/C18H31N3O2S/c1-5-20(4)18(2,3)14-19-17(22)21(11-15-8-10-24-13-15)12-16-7-6-9-23-16/h8,10,13,16H,5-7,9,11-12,14H2,1-4H3,(H,19,22)/t16-/m1/s1. The third-order valence-corrected chi connectivity index (χ3v) is 5.60. The molecule has 0 aromatic carbocycles. The minimum Gasteiger partial charge on any atom is -0.376 e. The summed E-state index contributed by atoms with van der Waals surface area (Å²) in [4.78, 5) is 16.9. The van der Waals surface area contributed by atoms with Gasteiger partial charge in [0.1, 0.15) is 0 Å². The summed E-state index contributed by atoms with van der Waals surface area (Å²) in [6, 6.07) is 2.07. The molecule has 1 N–H and O–H groups in total. The Morgan fingerprint density at radius 3 is 2.88 bits per heavy atom. The lowest BCUT2D eigenvalue weighted by Crippen LogP contribution is -2.52. The molecule has 2 rings (SSSR count). The summed E-state index contributed by atoms with van der Waals surface area (Å²) in [5.41, 5.74) is 1.11. The van der Waals surface area contributed by atoms with Crippen LogP contribution in [0.25, 0.3) is 0 Å². The fourth-order valence-corrected chi connectivity index (χ4v) is 3.48. The maximum absolute atomic E-state index is 12.8. The molecule has 1 aromatic heterocycles.